The minimum atomic E-state index is -3.69. The average Bonchev–Trinajstić information content (AvgIpc) is 2.50. The smallest absolute Gasteiger partial charge is 0.330 e. The molecule has 1 amide bonds. The van der Waals surface area contributed by atoms with Gasteiger partial charge >= 0.3 is 5.92 Å². The highest BCUT2D eigenvalue weighted by Crippen LogP contribution is 2.41. The molecule has 144 valence electrons. The molecule has 0 aliphatic carbocycles. The largest absolute Gasteiger partial charge is 0.413 e. The Balaban J connectivity index is 2.20. The standard InChI is InChI=1S/C19H27F2NO3Si/c1-12(25-26(5,6)18(2,3)4)14-15(22-17(14)24)19(20,21)16(23)13-10-8-7-9-11-13/h7-12,14-15H,1-6H3,(H,22,24)/t12-,14-,15+/m1/s1. The summed E-state index contributed by atoms with van der Waals surface area (Å²) in [7, 11) is -2.23. The monoisotopic (exact) mass is 383 g/mol. The number of carbonyl (C=O) groups is 2. The molecular formula is C19H27F2NO3Si. The maximum Gasteiger partial charge on any atom is 0.330 e. The Bertz CT molecular complexity index is 686. The highest BCUT2D eigenvalue weighted by molar-refractivity contribution is 6.74. The van der Waals surface area contributed by atoms with Crippen molar-refractivity contribution in [2.24, 2.45) is 5.92 Å². The van der Waals surface area contributed by atoms with Crippen molar-refractivity contribution in [1.29, 1.82) is 0 Å². The van der Waals surface area contributed by atoms with E-state index in [-0.39, 0.29) is 10.6 Å². The number of amides is 1. The van der Waals surface area contributed by atoms with Gasteiger partial charge in [-0.15, -0.1) is 0 Å². The minimum absolute atomic E-state index is 0.0737. The summed E-state index contributed by atoms with van der Waals surface area (Å²) in [6.07, 6.45) is -0.691. The zero-order valence-electron chi connectivity index (χ0n) is 16.1. The van der Waals surface area contributed by atoms with Gasteiger partial charge in [0.2, 0.25) is 11.7 Å². The molecule has 0 bridgehead atoms. The van der Waals surface area contributed by atoms with E-state index in [1.54, 1.807) is 13.0 Å². The van der Waals surface area contributed by atoms with Crippen LogP contribution in [0.2, 0.25) is 18.1 Å². The SMILES string of the molecule is C[C@@H](O[Si](C)(C)C(C)(C)C)[C@H]1C(=O)N[C@@H]1C(F)(F)C(=O)c1ccccc1. The Morgan fingerprint density at radius 3 is 2.19 bits per heavy atom. The van der Waals surface area contributed by atoms with E-state index < -0.39 is 44.0 Å². The van der Waals surface area contributed by atoms with Crippen LogP contribution in [0, 0.1) is 5.92 Å². The summed E-state index contributed by atoms with van der Waals surface area (Å²) in [5.41, 5.74) is -0.0737. The van der Waals surface area contributed by atoms with Gasteiger partial charge in [-0.3, -0.25) is 9.59 Å². The van der Waals surface area contributed by atoms with Crippen molar-refractivity contribution in [3.05, 3.63) is 35.9 Å². The van der Waals surface area contributed by atoms with Crippen LogP contribution in [-0.4, -0.2) is 38.1 Å². The Kier molecular flexibility index (Phi) is 5.45. The van der Waals surface area contributed by atoms with Gasteiger partial charge in [0.05, 0.1) is 12.0 Å². The van der Waals surface area contributed by atoms with Crippen LogP contribution in [0.1, 0.15) is 38.1 Å². The van der Waals surface area contributed by atoms with Gasteiger partial charge in [-0.1, -0.05) is 51.1 Å². The summed E-state index contributed by atoms with van der Waals surface area (Å²) >= 11 is 0. The number of hydrogen-bond acceptors (Lipinski definition) is 3. The van der Waals surface area contributed by atoms with Crippen molar-refractivity contribution < 1.29 is 22.8 Å². The van der Waals surface area contributed by atoms with Crippen LogP contribution in [0.3, 0.4) is 0 Å². The number of halogens is 2. The molecule has 0 radical (unpaired) electrons. The van der Waals surface area contributed by atoms with Crippen LogP contribution in [0.5, 0.6) is 0 Å². The third-order valence-electron chi connectivity index (χ3n) is 5.48. The molecule has 1 aromatic carbocycles. The van der Waals surface area contributed by atoms with Gasteiger partial charge in [-0.05, 0) is 25.1 Å². The first-order valence-electron chi connectivity index (χ1n) is 8.75. The number of benzene rings is 1. The summed E-state index contributed by atoms with van der Waals surface area (Å²) in [6.45, 7) is 11.8. The van der Waals surface area contributed by atoms with Gasteiger partial charge in [-0.25, -0.2) is 0 Å². The highest BCUT2D eigenvalue weighted by Gasteiger charge is 2.61. The molecule has 1 fully saturated rings. The molecule has 1 aliphatic rings. The first-order chi connectivity index (χ1) is 11.8. The van der Waals surface area contributed by atoms with Gasteiger partial charge in [0, 0.05) is 5.56 Å². The van der Waals surface area contributed by atoms with Crippen LogP contribution in [-0.2, 0) is 9.22 Å². The number of Topliss-reactive ketones (excluding diaryl/α,β-unsaturated/α-hetero) is 1. The molecule has 1 saturated heterocycles. The summed E-state index contributed by atoms with van der Waals surface area (Å²) in [5.74, 6) is -6.52. The van der Waals surface area contributed by atoms with E-state index in [0.717, 1.165) is 0 Å². The van der Waals surface area contributed by atoms with Gasteiger partial charge in [0.25, 0.3) is 0 Å². The van der Waals surface area contributed by atoms with Gasteiger partial charge in [0.15, 0.2) is 8.32 Å². The molecule has 0 saturated carbocycles. The van der Waals surface area contributed by atoms with E-state index in [4.69, 9.17) is 4.43 Å². The predicted octanol–water partition coefficient (Wildman–Crippen LogP) is 4.03. The number of hydrogen-bond donors (Lipinski definition) is 1. The molecule has 1 N–H and O–H groups in total. The van der Waals surface area contributed by atoms with E-state index in [1.165, 1.54) is 24.3 Å². The highest BCUT2D eigenvalue weighted by atomic mass is 28.4. The molecule has 1 heterocycles. The van der Waals surface area contributed by atoms with Crippen molar-refractivity contribution in [3.8, 4) is 0 Å². The normalized spacial score (nSPS) is 22.4. The van der Waals surface area contributed by atoms with Crippen molar-refractivity contribution in [2.45, 2.75) is 63.9 Å². The Labute approximate surface area is 154 Å². The second-order valence-corrected chi connectivity index (χ2v) is 13.2. The molecule has 2 rings (SSSR count). The van der Waals surface area contributed by atoms with Crippen LogP contribution in [0.15, 0.2) is 30.3 Å². The second kappa shape index (κ2) is 6.85. The van der Waals surface area contributed by atoms with Gasteiger partial charge in [0.1, 0.15) is 6.04 Å². The Hall–Kier alpha value is -1.60. The van der Waals surface area contributed by atoms with Crippen LogP contribution < -0.4 is 5.32 Å². The van der Waals surface area contributed by atoms with E-state index in [2.05, 4.69) is 5.32 Å². The molecule has 26 heavy (non-hydrogen) atoms. The first kappa shape index (κ1) is 20.7. The minimum Gasteiger partial charge on any atom is -0.413 e. The fourth-order valence-corrected chi connectivity index (χ4v) is 4.26. The van der Waals surface area contributed by atoms with Crippen molar-refractivity contribution >= 4 is 20.0 Å². The van der Waals surface area contributed by atoms with Crippen molar-refractivity contribution in [3.63, 3.8) is 0 Å². The number of β-lactam (4-membered cyclic amide) rings is 1. The van der Waals surface area contributed by atoms with Crippen molar-refractivity contribution in [1.82, 2.24) is 5.32 Å². The molecule has 1 aliphatic heterocycles. The lowest BCUT2D eigenvalue weighted by molar-refractivity contribution is -0.152. The lowest BCUT2D eigenvalue weighted by Crippen LogP contribution is -2.71. The fourth-order valence-electron chi connectivity index (χ4n) is 2.83. The third-order valence-corrected chi connectivity index (χ3v) is 10.1. The predicted molar refractivity (Wildman–Crippen MR) is 98.9 cm³/mol. The zero-order valence-corrected chi connectivity index (χ0v) is 17.1. The molecule has 0 aromatic heterocycles. The number of carbonyl (C=O) groups excluding carboxylic acids is 2. The summed E-state index contributed by atoms with van der Waals surface area (Å²) in [5, 5.41) is 2.10. The summed E-state index contributed by atoms with van der Waals surface area (Å²) in [4.78, 5) is 24.3. The molecule has 1 aromatic rings. The Morgan fingerprint density at radius 2 is 1.73 bits per heavy atom. The molecular weight excluding hydrogens is 356 g/mol. The number of ketones is 1. The lowest BCUT2D eigenvalue weighted by Gasteiger charge is -2.46. The van der Waals surface area contributed by atoms with Crippen LogP contribution >= 0.6 is 0 Å². The maximum absolute atomic E-state index is 14.8. The van der Waals surface area contributed by atoms with E-state index >= 15 is 0 Å². The third kappa shape index (κ3) is 3.73. The number of rotatable bonds is 6. The van der Waals surface area contributed by atoms with Gasteiger partial charge in [-0.2, -0.15) is 8.78 Å². The lowest BCUT2D eigenvalue weighted by atomic mass is 9.80. The first-order valence-corrected chi connectivity index (χ1v) is 11.7. The maximum atomic E-state index is 14.8. The van der Waals surface area contributed by atoms with E-state index in [0.29, 0.717) is 0 Å². The van der Waals surface area contributed by atoms with E-state index in [9.17, 15) is 18.4 Å². The topological polar surface area (TPSA) is 55.4 Å². The Morgan fingerprint density at radius 1 is 1.19 bits per heavy atom. The molecule has 3 atom stereocenters. The van der Waals surface area contributed by atoms with Crippen LogP contribution in [0.4, 0.5) is 8.78 Å². The number of alkyl halides is 2. The quantitative estimate of drug-likeness (QED) is 0.458. The number of nitrogens with one attached hydrogen (secondary N) is 1. The average molecular weight is 384 g/mol. The molecule has 0 spiro atoms. The summed E-state index contributed by atoms with van der Waals surface area (Å²) in [6, 6.07) is 5.86. The fraction of sp³-hybridized carbons (Fsp3) is 0.579. The second-order valence-electron chi connectivity index (χ2n) is 8.41. The zero-order chi connectivity index (χ0) is 19.9. The van der Waals surface area contributed by atoms with Gasteiger partial charge < -0.3 is 9.74 Å². The molecule has 4 nitrogen and oxygen atoms in total. The van der Waals surface area contributed by atoms with Crippen molar-refractivity contribution in [2.75, 3.05) is 0 Å². The molecule has 7 heteroatoms. The van der Waals surface area contributed by atoms with Crippen LogP contribution in [0.25, 0.3) is 0 Å². The molecule has 0 unspecified atom stereocenters. The van der Waals surface area contributed by atoms with E-state index in [1.807, 2.05) is 33.9 Å². The summed E-state index contributed by atoms with van der Waals surface area (Å²) < 4.78 is 35.7.